The van der Waals surface area contributed by atoms with Gasteiger partial charge in [0.25, 0.3) is 0 Å². The standard InChI is InChI=1S/C14H22N2O4/c1-9(2)7-16-13(17)8-15-10(3)11-5-6-12(20-11)14(18)19-4/h5-6,9-10,15H,7-8H2,1-4H3,(H,16,17). The van der Waals surface area contributed by atoms with Crippen molar-refractivity contribution in [1.29, 1.82) is 0 Å². The van der Waals surface area contributed by atoms with E-state index in [-0.39, 0.29) is 24.3 Å². The van der Waals surface area contributed by atoms with Gasteiger partial charge in [0, 0.05) is 6.54 Å². The lowest BCUT2D eigenvalue weighted by molar-refractivity contribution is -0.120. The van der Waals surface area contributed by atoms with E-state index in [1.807, 2.05) is 20.8 Å². The Labute approximate surface area is 118 Å². The van der Waals surface area contributed by atoms with Crippen LogP contribution in [0, 0.1) is 5.92 Å². The average molecular weight is 282 g/mol. The van der Waals surface area contributed by atoms with Crippen molar-refractivity contribution in [2.75, 3.05) is 20.2 Å². The first-order valence-corrected chi connectivity index (χ1v) is 6.62. The summed E-state index contributed by atoms with van der Waals surface area (Å²) < 4.78 is 9.92. The van der Waals surface area contributed by atoms with Gasteiger partial charge >= 0.3 is 5.97 Å². The third-order valence-corrected chi connectivity index (χ3v) is 2.72. The number of esters is 1. The highest BCUT2D eigenvalue weighted by Crippen LogP contribution is 2.16. The van der Waals surface area contributed by atoms with Crippen LogP contribution in [0.15, 0.2) is 16.5 Å². The Hall–Kier alpha value is -1.82. The van der Waals surface area contributed by atoms with Gasteiger partial charge in [0.1, 0.15) is 5.76 Å². The first-order chi connectivity index (χ1) is 9.43. The van der Waals surface area contributed by atoms with Crippen molar-refractivity contribution in [3.63, 3.8) is 0 Å². The van der Waals surface area contributed by atoms with Crippen LogP contribution in [0.1, 0.15) is 43.1 Å². The minimum absolute atomic E-state index is 0.0645. The number of furan rings is 1. The molecule has 0 saturated carbocycles. The van der Waals surface area contributed by atoms with Crippen LogP contribution < -0.4 is 10.6 Å². The number of hydrogen-bond donors (Lipinski definition) is 2. The molecule has 1 aromatic rings. The van der Waals surface area contributed by atoms with Crippen molar-refractivity contribution in [2.24, 2.45) is 5.92 Å². The summed E-state index contributed by atoms with van der Waals surface area (Å²) in [6, 6.07) is 3.08. The quantitative estimate of drug-likeness (QED) is 0.741. The monoisotopic (exact) mass is 282 g/mol. The van der Waals surface area contributed by atoms with E-state index in [0.29, 0.717) is 18.2 Å². The fourth-order valence-corrected chi connectivity index (χ4v) is 1.52. The Morgan fingerprint density at radius 3 is 2.60 bits per heavy atom. The van der Waals surface area contributed by atoms with E-state index in [2.05, 4.69) is 15.4 Å². The molecule has 1 unspecified atom stereocenters. The number of carbonyl (C=O) groups excluding carboxylic acids is 2. The molecule has 2 N–H and O–H groups in total. The number of amides is 1. The molecule has 1 atom stereocenters. The number of hydrogen-bond acceptors (Lipinski definition) is 5. The number of methoxy groups -OCH3 is 1. The first-order valence-electron chi connectivity index (χ1n) is 6.62. The molecule has 20 heavy (non-hydrogen) atoms. The smallest absolute Gasteiger partial charge is 0.373 e. The van der Waals surface area contributed by atoms with Crippen molar-refractivity contribution < 1.29 is 18.7 Å². The maximum atomic E-state index is 11.6. The van der Waals surface area contributed by atoms with Gasteiger partial charge in [-0.3, -0.25) is 10.1 Å². The largest absolute Gasteiger partial charge is 0.463 e. The highest BCUT2D eigenvalue weighted by atomic mass is 16.5. The molecule has 1 amide bonds. The lowest BCUT2D eigenvalue weighted by atomic mass is 10.2. The molecule has 0 spiro atoms. The van der Waals surface area contributed by atoms with Gasteiger partial charge in [-0.25, -0.2) is 4.79 Å². The molecule has 0 aliphatic heterocycles. The van der Waals surface area contributed by atoms with Crippen molar-refractivity contribution in [3.8, 4) is 0 Å². The first kappa shape index (κ1) is 16.2. The van der Waals surface area contributed by atoms with E-state index in [9.17, 15) is 9.59 Å². The van der Waals surface area contributed by atoms with Gasteiger partial charge < -0.3 is 14.5 Å². The summed E-state index contributed by atoms with van der Waals surface area (Å²) in [6.45, 7) is 6.78. The lowest BCUT2D eigenvalue weighted by Crippen LogP contribution is -2.36. The van der Waals surface area contributed by atoms with Gasteiger partial charge in [0.15, 0.2) is 0 Å². The van der Waals surface area contributed by atoms with Gasteiger partial charge in [-0.1, -0.05) is 13.8 Å². The molecule has 0 aromatic carbocycles. The zero-order chi connectivity index (χ0) is 15.1. The summed E-state index contributed by atoms with van der Waals surface area (Å²) in [5.74, 6) is 0.579. The number of nitrogens with one attached hydrogen (secondary N) is 2. The van der Waals surface area contributed by atoms with Crippen molar-refractivity contribution in [1.82, 2.24) is 10.6 Å². The molecule has 0 aliphatic rings. The van der Waals surface area contributed by atoms with Crippen molar-refractivity contribution in [3.05, 3.63) is 23.7 Å². The molecule has 6 heteroatoms. The van der Waals surface area contributed by atoms with Gasteiger partial charge in [0.2, 0.25) is 11.7 Å². The molecular weight excluding hydrogens is 260 g/mol. The zero-order valence-electron chi connectivity index (χ0n) is 12.4. The third-order valence-electron chi connectivity index (χ3n) is 2.72. The predicted molar refractivity (Wildman–Crippen MR) is 74.3 cm³/mol. The Morgan fingerprint density at radius 1 is 1.30 bits per heavy atom. The molecule has 112 valence electrons. The van der Waals surface area contributed by atoms with E-state index in [1.165, 1.54) is 7.11 Å². The van der Waals surface area contributed by atoms with Crippen LogP contribution in [-0.4, -0.2) is 32.1 Å². The predicted octanol–water partition coefficient (Wildman–Crippen LogP) is 1.49. The Morgan fingerprint density at radius 2 is 2.00 bits per heavy atom. The van der Waals surface area contributed by atoms with Crippen LogP contribution in [0.5, 0.6) is 0 Å². The SMILES string of the molecule is COC(=O)c1ccc(C(C)NCC(=O)NCC(C)C)o1. The minimum atomic E-state index is -0.516. The maximum Gasteiger partial charge on any atom is 0.373 e. The van der Waals surface area contributed by atoms with Crippen molar-refractivity contribution in [2.45, 2.75) is 26.8 Å². The Kier molecular flexibility index (Phi) is 6.24. The van der Waals surface area contributed by atoms with Gasteiger partial charge in [-0.2, -0.15) is 0 Å². The third kappa shape index (κ3) is 5.05. The molecule has 0 bridgehead atoms. The summed E-state index contributed by atoms with van der Waals surface area (Å²) in [5.41, 5.74) is 0. The maximum absolute atomic E-state index is 11.6. The molecule has 1 aromatic heterocycles. The average Bonchev–Trinajstić information content (AvgIpc) is 2.91. The summed E-state index contributed by atoms with van der Waals surface area (Å²) in [5, 5.41) is 5.85. The van der Waals surface area contributed by atoms with E-state index in [1.54, 1.807) is 12.1 Å². The fourth-order valence-electron chi connectivity index (χ4n) is 1.52. The fraction of sp³-hybridized carbons (Fsp3) is 0.571. The van der Waals surface area contributed by atoms with E-state index < -0.39 is 5.97 Å². The number of ether oxygens (including phenoxy) is 1. The van der Waals surface area contributed by atoms with Gasteiger partial charge in [-0.15, -0.1) is 0 Å². The zero-order valence-corrected chi connectivity index (χ0v) is 12.4. The highest BCUT2D eigenvalue weighted by molar-refractivity contribution is 5.86. The number of carbonyl (C=O) groups is 2. The molecule has 1 rings (SSSR count). The summed E-state index contributed by atoms with van der Waals surface area (Å²) >= 11 is 0. The summed E-state index contributed by atoms with van der Waals surface area (Å²) in [6.07, 6.45) is 0. The van der Waals surface area contributed by atoms with Crippen molar-refractivity contribution >= 4 is 11.9 Å². The molecule has 6 nitrogen and oxygen atoms in total. The van der Waals surface area contributed by atoms with Crippen LogP contribution in [0.4, 0.5) is 0 Å². The number of rotatable bonds is 7. The molecule has 0 saturated heterocycles. The molecule has 0 fully saturated rings. The molecule has 0 aliphatic carbocycles. The lowest BCUT2D eigenvalue weighted by Gasteiger charge is -2.12. The van der Waals surface area contributed by atoms with Gasteiger partial charge in [0.05, 0.1) is 19.7 Å². The highest BCUT2D eigenvalue weighted by Gasteiger charge is 2.15. The summed E-state index contributed by atoms with van der Waals surface area (Å²) in [7, 11) is 1.30. The van der Waals surface area contributed by atoms with Crippen LogP contribution in [0.2, 0.25) is 0 Å². The normalized spacial score (nSPS) is 12.2. The second-order valence-electron chi connectivity index (χ2n) is 4.99. The van der Waals surface area contributed by atoms with Crippen LogP contribution in [0.25, 0.3) is 0 Å². The van der Waals surface area contributed by atoms with E-state index >= 15 is 0 Å². The van der Waals surface area contributed by atoms with E-state index in [4.69, 9.17) is 4.42 Å². The topological polar surface area (TPSA) is 80.6 Å². The second kappa shape index (κ2) is 7.69. The van der Waals surface area contributed by atoms with Gasteiger partial charge in [-0.05, 0) is 25.0 Å². The Bertz CT molecular complexity index is 454. The van der Waals surface area contributed by atoms with Crippen LogP contribution in [-0.2, 0) is 9.53 Å². The second-order valence-corrected chi connectivity index (χ2v) is 4.99. The molecule has 1 heterocycles. The Balaban J connectivity index is 2.42. The van der Waals surface area contributed by atoms with Crippen LogP contribution >= 0.6 is 0 Å². The van der Waals surface area contributed by atoms with Crippen LogP contribution in [0.3, 0.4) is 0 Å². The molecular formula is C14H22N2O4. The minimum Gasteiger partial charge on any atom is -0.463 e. The molecule has 0 radical (unpaired) electrons. The summed E-state index contributed by atoms with van der Waals surface area (Å²) in [4.78, 5) is 22.8. The van der Waals surface area contributed by atoms with E-state index in [0.717, 1.165) is 0 Å².